The highest BCUT2D eigenvalue weighted by Gasteiger charge is 2.17. The summed E-state index contributed by atoms with van der Waals surface area (Å²) in [5.74, 6) is 2.51. The second-order valence-electron chi connectivity index (χ2n) is 9.14. The number of hydrogen-bond acceptors (Lipinski definition) is 6. The van der Waals surface area contributed by atoms with Crippen LogP contribution in [0, 0.1) is 0 Å². The molecule has 0 saturated heterocycles. The first-order valence-corrected chi connectivity index (χ1v) is 13.2. The van der Waals surface area contributed by atoms with Gasteiger partial charge in [-0.1, -0.05) is 66.7 Å². The lowest BCUT2D eigenvalue weighted by atomic mass is 9.98. The molecule has 0 aliphatic heterocycles. The molecule has 40 heavy (non-hydrogen) atoms. The van der Waals surface area contributed by atoms with Gasteiger partial charge >= 0.3 is 0 Å². The third kappa shape index (κ3) is 5.47. The highest BCUT2D eigenvalue weighted by molar-refractivity contribution is 6.15. The van der Waals surface area contributed by atoms with Gasteiger partial charge in [-0.2, -0.15) is 0 Å². The van der Waals surface area contributed by atoms with Crippen LogP contribution < -0.4 is 18.9 Å². The lowest BCUT2D eigenvalue weighted by Crippen LogP contribution is -2.03. The molecule has 1 aromatic heterocycles. The van der Waals surface area contributed by atoms with Crippen molar-refractivity contribution in [1.29, 1.82) is 0 Å². The van der Waals surface area contributed by atoms with E-state index in [2.05, 4.69) is 35.3 Å². The van der Waals surface area contributed by atoms with Gasteiger partial charge in [-0.05, 0) is 48.1 Å². The molecular formula is C34H32N2O4. The van der Waals surface area contributed by atoms with Crippen molar-refractivity contribution in [1.82, 2.24) is 4.98 Å². The van der Waals surface area contributed by atoms with E-state index in [9.17, 15) is 0 Å². The van der Waals surface area contributed by atoms with Crippen LogP contribution in [0.3, 0.4) is 0 Å². The highest BCUT2D eigenvalue weighted by atomic mass is 16.5. The van der Waals surface area contributed by atoms with Crippen LogP contribution in [-0.4, -0.2) is 38.6 Å². The Kier molecular flexibility index (Phi) is 8.26. The number of fused-ring (bicyclic) bond motifs is 1. The van der Waals surface area contributed by atoms with Crippen LogP contribution in [0.25, 0.3) is 10.8 Å². The van der Waals surface area contributed by atoms with Crippen molar-refractivity contribution in [2.24, 2.45) is 4.99 Å². The molecule has 0 amide bonds. The van der Waals surface area contributed by atoms with Crippen LogP contribution in [-0.2, 0) is 6.42 Å². The van der Waals surface area contributed by atoms with Gasteiger partial charge in [-0.25, -0.2) is 4.99 Å². The minimum Gasteiger partial charge on any atom is -0.493 e. The Morgan fingerprint density at radius 2 is 1.32 bits per heavy atom. The fourth-order valence-corrected chi connectivity index (χ4v) is 4.86. The molecule has 6 heteroatoms. The van der Waals surface area contributed by atoms with Crippen LogP contribution in [0.1, 0.15) is 29.2 Å². The average molecular weight is 533 g/mol. The molecule has 0 saturated carbocycles. The maximum atomic E-state index is 6.08. The third-order valence-corrected chi connectivity index (χ3v) is 6.70. The fraction of sp³-hybridized carbons (Fsp3) is 0.176. The molecule has 0 spiro atoms. The smallest absolute Gasteiger partial charge is 0.203 e. The summed E-state index contributed by atoms with van der Waals surface area (Å²) >= 11 is 0. The number of methoxy groups -OCH3 is 3. The van der Waals surface area contributed by atoms with Crippen LogP contribution in [0.5, 0.6) is 23.0 Å². The molecule has 0 aliphatic rings. The van der Waals surface area contributed by atoms with E-state index in [1.807, 2.05) is 73.9 Å². The van der Waals surface area contributed by atoms with Gasteiger partial charge < -0.3 is 18.9 Å². The van der Waals surface area contributed by atoms with Crippen LogP contribution in [0.4, 0.5) is 5.69 Å². The van der Waals surface area contributed by atoms with Gasteiger partial charge in [-0.15, -0.1) is 0 Å². The SMILES string of the molecule is CCOc1ccc2c(Cc3cc(OC)c(OC)c(OC)c3)cncc2c1N=C(c1ccccc1)c1ccccc1. The van der Waals surface area contributed by atoms with E-state index in [1.165, 1.54) is 0 Å². The van der Waals surface area contributed by atoms with Crippen LogP contribution in [0.2, 0.25) is 0 Å². The predicted molar refractivity (Wildman–Crippen MR) is 160 cm³/mol. The van der Waals surface area contributed by atoms with E-state index in [0.29, 0.717) is 36.0 Å². The number of ether oxygens (including phenoxy) is 4. The Hall–Kier alpha value is -4.84. The summed E-state index contributed by atoms with van der Waals surface area (Å²) in [6, 6.07) is 28.4. The number of aromatic nitrogens is 1. The predicted octanol–water partition coefficient (Wildman–Crippen LogP) is 7.42. The summed E-state index contributed by atoms with van der Waals surface area (Å²) in [5, 5.41) is 1.96. The zero-order chi connectivity index (χ0) is 27.9. The van der Waals surface area contributed by atoms with Gasteiger partial charge in [0.05, 0.1) is 33.6 Å². The number of aliphatic imine (C=N–C) groups is 1. The van der Waals surface area contributed by atoms with Gasteiger partial charge in [0.15, 0.2) is 11.5 Å². The van der Waals surface area contributed by atoms with E-state index in [1.54, 1.807) is 21.3 Å². The molecule has 0 fully saturated rings. The van der Waals surface area contributed by atoms with E-state index in [0.717, 1.165) is 44.4 Å². The second kappa shape index (κ2) is 12.3. The molecule has 0 bridgehead atoms. The molecular weight excluding hydrogens is 500 g/mol. The molecule has 202 valence electrons. The van der Waals surface area contributed by atoms with E-state index in [4.69, 9.17) is 23.9 Å². The van der Waals surface area contributed by atoms with Crippen molar-refractivity contribution in [3.8, 4) is 23.0 Å². The third-order valence-electron chi connectivity index (χ3n) is 6.70. The summed E-state index contributed by atoms with van der Waals surface area (Å²) in [6.45, 7) is 2.50. The van der Waals surface area contributed by atoms with Crippen LogP contribution in [0.15, 0.2) is 102 Å². The molecule has 0 unspecified atom stereocenters. The largest absolute Gasteiger partial charge is 0.493 e. The van der Waals surface area contributed by atoms with Gasteiger partial charge in [0.1, 0.15) is 11.4 Å². The number of nitrogens with zero attached hydrogens (tertiary/aromatic N) is 2. The number of rotatable bonds is 10. The van der Waals surface area contributed by atoms with E-state index < -0.39 is 0 Å². The summed E-state index contributed by atoms with van der Waals surface area (Å²) < 4.78 is 22.7. The second-order valence-corrected chi connectivity index (χ2v) is 9.14. The topological polar surface area (TPSA) is 62.2 Å². The van der Waals surface area contributed by atoms with E-state index in [-0.39, 0.29) is 0 Å². The average Bonchev–Trinajstić information content (AvgIpc) is 3.01. The first-order chi connectivity index (χ1) is 19.7. The maximum absolute atomic E-state index is 6.08. The van der Waals surface area contributed by atoms with Crippen molar-refractivity contribution in [2.45, 2.75) is 13.3 Å². The molecule has 6 nitrogen and oxygen atoms in total. The quantitative estimate of drug-likeness (QED) is 0.175. The number of benzene rings is 4. The first-order valence-electron chi connectivity index (χ1n) is 13.2. The van der Waals surface area contributed by atoms with Gasteiger partial charge in [0.2, 0.25) is 5.75 Å². The summed E-state index contributed by atoms with van der Waals surface area (Å²) in [7, 11) is 4.85. The summed E-state index contributed by atoms with van der Waals surface area (Å²) in [6.07, 6.45) is 4.38. The lowest BCUT2D eigenvalue weighted by molar-refractivity contribution is 0.324. The van der Waals surface area contributed by atoms with Crippen molar-refractivity contribution < 1.29 is 18.9 Å². The number of pyridine rings is 1. The van der Waals surface area contributed by atoms with Crippen molar-refractivity contribution in [3.63, 3.8) is 0 Å². The zero-order valence-electron chi connectivity index (χ0n) is 23.2. The van der Waals surface area contributed by atoms with Crippen molar-refractivity contribution in [3.05, 3.63) is 120 Å². The minimum absolute atomic E-state index is 0.526. The fourth-order valence-electron chi connectivity index (χ4n) is 4.86. The monoisotopic (exact) mass is 532 g/mol. The number of hydrogen-bond donors (Lipinski definition) is 0. The molecule has 0 N–H and O–H groups in total. The Morgan fingerprint density at radius 1 is 0.700 bits per heavy atom. The maximum Gasteiger partial charge on any atom is 0.203 e. The Morgan fingerprint density at radius 3 is 1.88 bits per heavy atom. The highest BCUT2D eigenvalue weighted by Crippen LogP contribution is 2.41. The molecule has 5 rings (SSSR count). The molecule has 0 aliphatic carbocycles. The van der Waals surface area contributed by atoms with Gasteiger partial charge in [0, 0.05) is 28.9 Å². The molecule has 1 heterocycles. The van der Waals surface area contributed by atoms with Crippen molar-refractivity contribution >= 4 is 22.2 Å². The first kappa shape index (κ1) is 26.8. The molecule has 4 aromatic carbocycles. The molecule has 0 atom stereocenters. The molecule has 0 radical (unpaired) electrons. The lowest BCUT2D eigenvalue weighted by Gasteiger charge is -2.16. The zero-order valence-corrected chi connectivity index (χ0v) is 23.2. The Bertz CT molecular complexity index is 1570. The normalized spacial score (nSPS) is 10.7. The van der Waals surface area contributed by atoms with Gasteiger partial charge in [0.25, 0.3) is 0 Å². The van der Waals surface area contributed by atoms with Crippen molar-refractivity contribution in [2.75, 3.05) is 27.9 Å². The summed E-state index contributed by atoms with van der Waals surface area (Å²) in [5.41, 5.74) is 5.72. The Balaban J connectivity index is 1.68. The van der Waals surface area contributed by atoms with Gasteiger partial charge in [-0.3, -0.25) is 4.98 Å². The standard InChI is InChI=1S/C34H32N2O4/c1-5-40-29-17-16-27-26(18-23-19-30(37-2)34(39-4)31(20-23)38-3)21-35-22-28(27)33(29)36-32(24-12-8-6-9-13-24)25-14-10-7-11-15-25/h6-17,19-22H,5,18H2,1-4H3. The summed E-state index contributed by atoms with van der Waals surface area (Å²) in [4.78, 5) is 9.90. The molecule has 5 aromatic rings. The van der Waals surface area contributed by atoms with E-state index >= 15 is 0 Å². The Labute approximate surface area is 234 Å². The van der Waals surface area contributed by atoms with Crippen LogP contribution >= 0.6 is 0 Å². The minimum atomic E-state index is 0.526.